The van der Waals surface area contributed by atoms with Gasteiger partial charge in [0.25, 0.3) is 5.91 Å². The van der Waals surface area contributed by atoms with Gasteiger partial charge >= 0.3 is 0 Å². The zero-order valence-corrected chi connectivity index (χ0v) is 11.5. The first-order valence-electron chi connectivity index (χ1n) is 5.93. The van der Waals surface area contributed by atoms with Crippen LogP contribution in [0, 0.1) is 0 Å². The molecular formula is C12H17BrN2O2. The summed E-state index contributed by atoms with van der Waals surface area (Å²) in [5, 5.41) is 3.15. The van der Waals surface area contributed by atoms with E-state index < -0.39 is 0 Å². The maximum absolute atomic E-state index is 12.3. The number of likely N-dealkylation sites (N-methyl/N-ethyl adjacent to an activating group) is 1. The predicted octanol–water partition coefficient (Wildman–Crippen LogP) is 2.26. The molecule has 4 nitrogen and oxygen atoms in total. The second-order valence-corrected chi connectivity index (χ2v) is 5.09. The quantitative estimate of drug-likeness (QED) is 0.931. The van der Waals surface area contributed by atoms with E-state index in [0.717, 1.165) is 25.9 Å². The summed E-state index contributed by atoms with van der Waals surface area (Å²) in [6, 6.07) is 3.76. The highest BCUT2D eigenvalue weighted by Gasteiger charge is 2.28. The van der Waals surface area contributed by atoms with E-state index in [1.807, 2.05) is 11.9 Å². The van der Waals surface area contributed by atoms with Crippen molar-refractivity contribution < 1.29 is 9.21 Å². The third-order valence-electron chi connectivity index (χ3n) is 3.11. The lowest BCUT2D eigenvalue weighted by atomic mass is 10.0. The second-order valence-electron chi connectivity index (χ2n) is 4.31. The molecule has 1 saturated heterocycles. The number of nitrogens with one attached hydrogen (secondary N) is 1. The van der Waals surface area contributed by atoms with E-state index >= 15 is 0 Å². The molecule has 1 aliphatic rings. The summed E-state index contributed by atoms with van der Waals surface area (Å²) in [6.45, 7) is 1.66. The highest BCUT2D eigenvalue weighted by Crippen LogP contribution is 2.21. The molecule has 1 unspecified atom stereocenters. The van der Waals surface area contributed by atoms with Crippen LogP contribution in [-0.4, -0.2) is 37.0 Å². The number of amides is 1. The molecule has 1 aromatic heterocycles. The molecule has 5 heteroatoms. The van der Waals surface area contributed by atoms with Crippen LogP contribution in [0.1, 0.15) is 29.8 Å². The molecule has 17 heavy (non-hydrogen) atoms. The molecule has 1 atom stereocenters. The minimum absolute atomic E-state index is 0.00403. The van der Waals surface area contributed by atoms with Crippen LogP contribution in [0.15, 0.2) is 21.2 Å². The number of piperidine rings is 1. The molecule has 1 N–H and O–H groups in total. The number of carbonyl (C=O) groups excluding carboxylic acids is 1. The van der Waals surface area contributed by atoms with Gasteiger partial charge in [0.1, 0.15) is 0 Å². The van der Waals surface area contributed by atoms with Crippen molar-refractivity contribution in [3.05, 3.63) is 22.6 Å². The molecule has 1 aromatic rings. The van der Waals surface area contributed by atoms with Crippen molar-refractivity contribution in [2.75, 3.05) is 20.1 Å². The molecule has 94 valence electrons. The van der Waals surface area contributed by atoms with Crippen molar-refractivity contribution in [2.24, 2.45) is 0 Å². The Bertz CT molecular complexity index is 390. The molecule has 2 heterocycles. The van der Waals surface area contributed by atoms with Crippen molar-refractivity contribution in [1.29, 1.82) is 0 Å². The van der Waals surface area contributed by atoms with E-state index in [9.17, 15) is 4.79 Å². The van der Waals surface area contributed by atoms with Gasteiger partial charge in [-0.3, -0.25) is 4.79 Å². The largest absolute Gasteiger partial charge is 0.444 e. The number of nitrogens with zero attached hydrogens (tertiary/aromatic N) is 1. The number of halogens is 1. The summed E-state index contributed by atoms with van der Waals surface area (Å²) in [5.41, 5.74) is 0. The van der Waals surface area contributed by atoms with Crippen molar-refractivity contribution in [2.45, 2.75) is 25.3 Å². The fourth-order valence-electron chi connectivity index (χ4n) is 2.29. The van der Waals surface area contributed by atoms with Gasteiger partial charge in [-0.05, 0) is 54.4 Å². The van der Waals surface area contributed by atoms with Gasteiger partial charge in [-0.25, -0.2) is 0 Å². The third-order valence-corrected chi connectivity index (χ3v) is 3.54. The number of likely N-dealkylation sites (tertiary alicyclic amines) is 1. The lowest BCUT2D eigenvalue weighted by Gasteiger charge is -2.35. The predicted molar refractivity (Wildman–Crippen MR) is 69.0 cm³/mol. The van der Waals surface area contributed by atoms with E-state index in [1.165, 1.54) is 6.42 Å². The molecule has 0 radical (unpaired) electrons. The van der Waals surface area contributed by atoms with Gasteiger partial charge in [-0.1, -0.05) is 0 Å². The van der Waals surface area contributed by atoms with Crippen LogP contribution >= 0.6 is 15.9 Å². The minimum Gasteiger partial charge on any atom is -0.444 e. The average molecular weight is 301 g/mol. The van der Waals surface area contributed by atoms with Crippen LogP contribution in [0.25, 0.3) is 0 Å². The van der Waals surface area contributed by atoms with Gasteiger partial charge in [0.15, 0.2) is 10.4 Å². The van der Waals surface area contributed by atoms with E-state index in [1.54, 1.807) is 12.1 Å². The Morgan fingerprint density at radius 3 is 3.06 bits per heavy atom. The Balaban J connectivity index is 2.10. The Kier molecular flexibility index (Phi) is 4.23. The van der Waals surface area contributed by atoms with Gasteiger partial charge in [-0.2, -0.15) is 0 Å². The molecule has 2 rings (SSSR count). The minimum atomic E-state index is -0.00403. The number of furan rings is 1. The zero-order chi connectivity index (χ0) is 12.3. The summed E-state index contributed by atoms with van der Waals surface area (Å²) >= 11 is 3.22. The summed E-state index contributed by atoms with van der Waals surface area (Å²) < 4.78 is 5.93. The van der Waals surface area contributed by atoms with Crippen molar-refractivity contribution in [3.8, 4) is 0 Å². The van der Waals surface area contributed by atoms with Crippen LogP contribution in [-0.2, 0) is 0 Å². The molecule has 0 bridgehead atoms. The van der Waals surface area contributed by atoms with Gasteiger partial charge in [0.2, 0.25) is 0 Å². The molecule has 1 fully saturated rings. The smallest absolute Gasteiger partial charge is 0.289 e. The first kappa shape index (κ1) is 12.6. The SMILES string of the molecule is CNCC1CCCCN1C(=O)c1ccc(Br)o1. The summed E-state index contributed by atoms with van der Waals surface area (Å²) in [7, 11) is 1.92. The van der Waals surface area contributed by atoms with Crippen LogP contribution in [0.5, 0.6) is 0 Å². The molecule has 0 spiro atoms. The number of hydrogen-bond acceptors (Lipinski definition) is 3. The highest BCUT2D eigenvalue weighted by molar-refractivity contribution is 9.10. The number of rotatable bonds is 3. The van der Waals surface area contributed by atoms with E-state index in [4.69, 9.17) is 4.42 Å². The zero-order valence-electron chi connectivity index (χ0n) is 9.91. The standard InChI is InChI=1S/C12H17BrN2O2/c1-14-8-9-4-2-3-7-15(9)12(16)10-5-6-11(13)17-10/h5-6,9,14H,2-4,7-8H2,1H3. The van der Waals surface area contributed by atoms with Gasteiger partial charge in [-0.15, -0.1) is 0 Å². The van der Waals surface area contributed by atoms with E-state index in [-0.39, 0.29) is 11.9 Å². The van der Waals surface area contributed by atoms with E-state index in [0.29, 0.717) is 10.4 Å². The van der Waals surface area contributed by atoms with Crippen molar-refractivity contribution >= 4 is 21.8 Å². The monoisotopic (exact) mass is 300 g/mol. The second kappa shape index (κ2) is 5.69. The highest BCUT2D eigenvalue weighted by atomic mass is 79.9. The Labute approximate surface area is 109 Å². The molecule has 1 aliphatic heterocycles. The van der Waals surface area contributed by atoms with Crippen LogP contribution < -0.4 is 5.32 Å². The maximum atomic E-state index is 12.3. The number of carbonyl (C=O) groups is 1. The Morgan fingerprint density at radius 2 is 2.41 bits per heavy atom. The first-order chi connectivity index (χ1) is 8.22. The summed E-state index contributed by atoms with van der Waals surface area (Å²) in [4.78, 5) is 14.2. The average Bonchev–Trinajstić information content (AvgIpc) is 2.76. The molecular weight excluding hydrogens is 284 g/mol. The fourth-order valence-corrected chi connectivity index (χ4v) is 2.59. The topological polar surface area (TPSA) is 45.5 Å². The van der Waals surface area contributed by atoms with Crippen molar-refractivity contribution in [3.63, 3.8) is 0 Å². The molecule has 1 amide bonds. The molecule has 0 aromatic carbocycles. The third kappa shape index (κ3) is 2.90. The Hall–Kier alpha value is -0.810. The first-order valence-corrected chi connectivity index (χ1v) is 6.72. The van der Waals surface area contributed by atoms with Crippen LogP contribution in [0.3, 0.4) is 0 Å². The van der Waals surface area contributed by atoms with E-state index in [2.05, 4.69) is 21.2 Å². The molecule has 0 aliphatic carbocycles. The van der Waals surface area contributed by atoms with Gasteiger partial charge in [0.05, 0.1) is 0 Å². The van der Waals surface area contributed by atoms with Crippen LogP contribution in [0.2, 0.25) is 0 Å². The summed E-state index contributed by atoms with van der Waals surface area (Å²) in [6.07, 6.45) is 3.33. The van der Waals surface area contributed by atoms with Crippen molar-refractivity contribution in [1.82, 2.24) is 10.2 Å². The lowest BCUT2D eigenvalue weighted by Crippen LogP contribution is -2.47. The van der Waals surface area contributed by atoms with Gasteiger partial charge in [0, 0.05) is 19.1 Å². The fraction of sp³-hybridized carbons (Fsp3) is 0.583. The summed E-state index contributed by atoms with van der Waals surface area (Å²) in [5.74, 6) is 0.413. The van der Waals surface area contributed by atoms with Gasteiger partial charge < -0.3 is 14.6 Å². The Morgan fingerprint density at radius 1 is 1.59 bits per heavy atom. The normalized spacial score (nSPS) is 20.6. The lowest BCUT2D eigenvalue weighted by molar-refractivity contribution is 0.0581. The van der Waals surface area contributed by atoms with Crippen LogP contribution in [0.4, 0.5) is 0 Å². The molecule has 0 saturated carbocycles. The maximum Gasteiger partial charge on any atom is 0.289 e. The number of hydrogen-bond donors (Lipinski definition) is 1.